The van der Waals surface area contributed by atoms with Gasteiger partial charge in [0.2, 0.25) is 0 Å². The van der Waals surface area contributed by atoms with Gasteiger partial charge in [-0.25, -0.2) is 4.99 Å². The molecule has 0 bridgehead atoms. The molecule has 2 aromatic rings. The Morgan fingerprint density at radius 2 is 2.24 bits per heavy atom. The van der Waals surface area contributed by atoms with Gasteiger partial charge in [0.25, 0.3) is 0 Å². The van der Waals surface area contributed by atoms with E-state index in [4.69, 9.17) is 10.5 Å². The summed E-state index contributed by atoms with van der Waals surface area (Å²) in [6.45, 7) is 0.926. The second-order valence-electron chi connectivity index (χ2n) is 4.51. The van der Waals surface area contributed by atoms with Crippen molar-refractivity contribution in [1.29, 1.82) is 0 Å². The number of nitrogens with one attached hydrogen (secondary N) is 1. The Morgan fingerprint density at radius 3 is 2.90 bits per heavy atom. The molecule has 0 saturated carbocycles. The van der Waals surface area contributed by atoms with E-state index in [0.717, 1.165) is 21.4 Å². The van der Waals surface area contributed by atoms with E-state index in [1.54, 1.807) is 11.8 Å². The van der Waals surface area contributed by atoms with Crippen LogP contribution in [0, 0.1) is 0 Å². The van der Waals surface area contributed by atoms with Crippen molar-refractivity contribution in [2.24, 2.45) is 17.8 Å². The molecule has 6 nitrogen and oxygen atoms in total. The number of aryl methyl sites for hydroxylation is 1. The SMILES string of the molecule is COCc1ccccc1NC(N)=NCc1nn(C)cc1Br. The number of nitrogens with two attached hydrogens (primary N) is 1. The van der Waals surface area contributed by atoms with E-state index in [-0.39, 0.29) is 0 Å². The standard InChI is InChI=1S/C14H18BrN5O/c1-20-8-11(15)13(19-20)7-17-14(16)18-12-6-4-3-5-10(12)9-21-2/h3-6,8H,7,9H2,1-2H3,(H3,16,17,18). The van der Waals surface area contributed by atoms with Gasteiger partial charge < -0.3 is 15.8 Å². The Labute approximate surface area is 132 Å². The van der Waals surface area contributed by atoms with E-state index in [9.17, 15) is 0 Å². The quantitative estimate of drug-likeness (QED) is 0.639. The van der Waals surface area contributed by atoms with Gasteiger partial charge in [0.15, 0.2) is 5.96 Å². The molecule has 0 radical (unpaired) electrons. The normalized spacial score (nSPS) is 11.7. The van der Waals surface area contributed by atoms with E-state index < -0.39 is 0 Å². The van der Waals surface area contributed by atoms with Crippen LogP contribution in [0.4, 0.5) is 5.69 Å². The average Bonchev–Trinajstić information content (AvgIpc) is 2.77. The van der Waals surface area contributed by atoms with E-state index in [2.05, 4.69) is 31.3 Å². The van der Waals surface area contributed by atoms with Crippen molar-refractivity contribution in [3.63, 3.8) is 0 Å². The van der Waals surface area contributed by atoms with Gasteiger partial charge in [-0.15, -0.1) is 0 Å². The molecule has 112 valence electrons. The maximum absolute atomic E-state index is 5.92. The zero-order valence-corrected chi connectivity index (χ0v) is 13.6. The molecule has 21 heavy (non-hydrogen) atoms. The fourth-order valence-corrected chi connectivity index (χ4v) is 2.37. The third-order valence-corrected chi connectivity index (χ3v) is 3.50. The number of guanidine groups is 1. The lowest BCUT2D eigenvalue weighted by molar-refractivity contribution is 0.185. The Morgan fingerprint density at radius 1 is 1.48 bits per heavy atom. The van der Waals surface area contributed by atoms with Gasteiger partial charge in [-0.1, -0.05) is 18.2 Å². The molecule has 1 aromatic carbocycles. The molecule has 2 rings (SSSR count). The second kappa shape index (κ2) is 7.24. The third kappa shape index (κ3) is 4.30. The summed E-state index contributed by atoms with van der Waals surface area (Å²) in [7, 11) is 3.52. The molecule has 3 N–H and O–H groups in total. The van der Waals surface area contributed by atoms with E-state index in [0.29, 0.717) is 19.1 Å². The Hall–Kier alpha value is -1.86. The molecule has 0 aliphatic rings. The maximum Gasteiger partial charge on any atom is 0.193 e. The van der Waals surface area contributed by atoms with Crippen molar-refractivity contribution in [2.75, 3.05) is 12.4 Å². The number of anilines is 1. The van der Waals surface area contributed by atoms with Crippen LogP contribution in [0.15, 0.2) is 39.9 Å². The second-order valence-corrected chi connectivity index (χ2v) is 5.37. The number of rotatable bonds is 5. The van der Waals surface area contributed by atoms with Crippen LogP contribution >= 0.6 is 15.9 Å². The van der Waals surface area contributed by atoms with Gasteiger partial charge in [-0.3, -0.25) is 4.68 Å². The molecule has 7 heteroatoms. The molecule has 0 unspecified atom stereocenters. The van der Waals surface area contributed by atoms with Crippen LogP contribution in [0.25, 0.3) is 0 Å². The molecule has 0 atom stereocenters. The monoisotopic (exact) mass is 351 g/mol. The van der Waals surface area contributed by atoms with Crippen LogP contribution in [0.2, 0.25) is 0 Å². The molecule has 1 heterocycles. The third-order valence-electron chi connectivity index (χ3n) is 2.83. The summed E-state index contributed by atoms with van der Waals surface area (Å²) in [5, 5.41) is 7.39. The highest BCUT2D eigenvalue weighted by molar-refractivity contribution is 9.10. The fraction of sp³-hybridized carbons (Fsp3) is 0.286. The molecule has 0 aliphatic heterocycles. The minimum Gasteiger partial charge on any atom is -0.380 e. The van der Waals surface area contributed by atoms with Crippen molar-refractivity contribution in [2.45, 2.75) is 13.2 Å². The summed E-state index contributed by atoms with van der Waals surface area (Å²) in [6.07, 6.45) is 1.88. The first-order valence-electron chi connectivity index (χ1n) is 6.42. The lowest BCUT2D eigenvalue weighted by Gasteiger charge is -2.10. The smallest absolute Gasteiger partial charge is 0.193 e. The highest BCUT2D eigenvalue weighted by Crippen LogP contribution is 2.17. The van der Waals surface area contributed by atoms with Crippen LogP contribution < -0.4 is 11.1 Å². The van der Waals surface area contributed by atoms with Gasteiger partial charge in [0, 0.05) is 31.6 Å². The van der Waals surface area contributed by atoms with E-state index in [1.165, 1.54) is 0 Å². The molecule has 0 fully saturated rings. The van der Waals surface area contributed by atoms with Crippen LogP contribution in [0.5, 0.6) is 0 Å². The van der Waals surface area contributed by atoms with Crippen molar-refractivity contribution >= 4 is 27.6 Å². The Kier molecular flexibility index (Phi) is 5.35. The van der Waals surface area contributed by atoms with Crippen LogP contribution in [-0.4, -0.2) is 22.8 Å². The number of methoxy groups -OCH3 is 1. The van der Waals surface area contributed by atoms with Crippen molar-refractivity contribution in [3.05, 3.63) is 46.2 Å². The number of ether oxygens (including phenoxy) is 1. The zero-order chi connectivity index (χ0) is 15.2. The molecule has 0 aliphatic carbocycles. The Balaban J connectivity index is 2.05. The van der Waals surface area contributed by atoms with Crippen molar-refractivity contribution in [3.8, 4) is 0 Å². The van der Waals surface area contributed by atoms with Crippen molar-refractivity contribution < 1.29 is 4.74 Å². The predicted molar refractivity (Wildman–Crippen MR) is 87.0 cm³/mol. The minimum atomic E-state index is 0.344. The molecular weight excluding hydrogens is 334 g/mol. The van der Waals surface area contributed by atoms with Crippen LogP contribution in [0.3, 0.4) is 0 Å². The van der Waals surface area contributed by atoms with Gasteiger partial charge in [0.1, 0.15) is 0 Å². The molecule has 0 saturated heterocycles. The molecule has 0 spiro atoms. The molecule has 1 aromatic heterocycles. The number of aromatic nitrogens is 2. The first kappa shape index (κ1) is 15.5. The average molecular weight is 352 g/mol. The summed E-state index contributed by atoms with van der Waals surface area (Å²) in [5.41, 5.74) is 8.68. The lowest BCUT2D eigenvalue weighted by Crippen LogP contribution is -2.23. The summed E-state index contributed by atoms with van der Waals surface area (Å²) in [4.78, 5) is 4.30. The predicted octanol–water partition coefficient (Wildman–Crippen LogP) is 2.26. The summed E-state index contributed by atoms with van der Waals surface area (Å²) in [5.74, 6) is 0.344. The number of aliphatic imine (C=N–C) groups is 1. The number of benzene rings is 1. The Bertz CT molecular complexity index is 638. The number of hydrogen-bond acceptors (Lipinski definition) is 3. The van der Waals surface area contributed by atoms with Gasteiger partial charge in [-0.05, 0) is 22.0 Å². The summed E-state index contributed by atoms with van der Waals surface area (Å²) < 4.78 is 7.80. The highest BCUT2D eigenvalue weighted by Gasteiger charge is 2.05. The molecular formula is C14H18BrN5O. The van der Waals surface area contributed by atoms with Crippen LogP contribution in [-0.2, 0) is 24.9 Å². The fourth-order valence-electron chi connectivity index (χ4n) is 1.87. The van der Waals surface area contributed by atoms with E-state index >= 15 is 0 Å². The maximum atomic E-state index is 5.92. The largest absolute Gasteiger partial charge is 0.380 e. The number of halogens is 1. The summed E-state index contributed by atoms with van der Waals surface area (Å²) in [6, 6.07) is 7.81. The van der Waals surface area contributed by atoms with Gasteiger partial charge >= 0.3 is 0 Å². The van der Waals surface area contributed by atoms with E-state index in [1.807, 2.05) is 37.5 Å². The number of nitrogens with zero attached hydrogens (tertiary/aromatic N) is 3. The first-order chi connectivity index (χ1) is 10.1. The van der Waals surface area contributed by atoms with Gasteiger partial charge in [0.05, 0.1) is 23.3 Å². The molecule has 0 amide bonds. The van der Waals surface area contributed by atoms with Crippen molar-refractivity contribution in [1.82, 2.24) is 9.78 Å². The number of hydrogen-bond donors (Lipinski definition) is 2. The first-order valence-corrected chi connectivity index (χ1v) is 7.21. The number of para-hydroxylation sites is 1. The topological polar surface area (TPSA) is 77.5 Å². The van der Waals surface area contributed by atoms with Gasteiger partial charge in [-0.2, -0.15) is 5.10 Å². The lowest BCUT2D eigenvalue weighted by atomic mass is 10.2. The highest BCUT2D eigenvalue weighted by atomic mass is 79.9. The summed E-state index contributed by atoms with van der Waals surface area (Å²) >= 11 is 3.44. The zero-order valence-electron chi connectivity index (χ0n) is 12.0. The van der Waals surface area contributed by atoms with Crippen LogP contribution in [0.1, 0.15) is 11.3 Å². The minimum absolute atomic E-state index is 0.344.